The highest BCUT2D eigenvalue weighted by molar-refractivity contribution is 5.92. The maximum atomic E-state index is 12.4. The average Bonchev–Trinajstić information content (AvgIpc) is 2.61. The molecule has 5 rings (SSSR count). The van der Waals surface area contributed by atoms with Crippen LogP contribution in [-0.4, -0.2) is 29.9 Å². The van der Waals surface area contributed by atoms with Crippen molar-refractivity contribution in [3.63, 3.8) is 0 Å². The second-order valence-electron chi connectivity index (χ2n) is 9.14. The van der Waals surface area contributed by atoms with Gasteiger partial charge in [0.1, 0.15) is 0 Å². The summed E-state index contributed by atoms with van der Waals surface area (Å²) in [6.45, 7) is 1.75. The lowest BCUT2D eigenvalue weighted by atomic mass is 9.53. The lowest BCUT2D eigenvalue weighted by molar-refractivity contribution is -0.116. The molecule has 0 radical (unpaired) electrons. The molecule has 0 spiro atoms. The third-order valence-electron chi connectivity index (χ3n) is 6.54. The zero-order valence-corrected chi connectivity index (χ0v) is 16.9. The fourth-order valence-electron chi connectivity index (χ4n) is 5.90. The molecule has 4 aliphatic rings. The Hall–Kier alpha value is -2.57. The Labute approximate surface area is 171 Å². The summed E-state index contributed by atoms with van der Waals surface area (Å²) in [6.07, 6.45) is 7.57. The van der Waals surface area contributed by atoms with Crippen LogP contribution in [0.1, 0.15) is 51.9 Å². The molecule has 0 atom stereocenters. The van der Waals surface area contributed by atoms with Gasteiger partial charge in [0, 0.05) is 36.8 Å². The topological polar surface area (TPSA) is 99.3 Å². The fourth-order valence-corrected chi connectivity index (χ4v) is 5.90. The summed E-state index contributed by atoms with van der Waals surface area (Å²) in [5.74, 6) is 2.05. The number of carbonyl (C=O) groups is 3. The number of amides is 4. The van der Waals surface area contributed by atoms with E-state index >= 15 is 0 Å². The van der Waals surface area contributed by atoms with Crippen molar-refractivity contribution in [1.29, 1.82) is 0 Å². The van der Waals surface area contributed by atoms with Crippen LogP contribution in [-0.2, 0) is 9.59 Å². The molecule has 4 amide bonds. The van der Waals surface area contributed by atoms with E-state index in [1.165, 1.54) is 26.2 Å². The first-order chi connectivity index (χ1) is 13.9. The van der Waals surface area contributed by atoms with Gasteiger partial charge < -0.3 is 21.3 Å². The molecular formula is C22H30N4O3. The second-order valence-corrected chi connectivity index (χ2v) is 9.14. The first-order valence-corrected chi connectivity index (χ1v) is 10.6. The van der Waals surface area contributed by atoms with Crippen LogP contribution in [0.5, 0.6) is 0 Å². The number of carbonyl (C=O) groups excluding carboxylic acids is 3. The minimum Gasteiger partial charge on any atom is -0.338 e. The summed E-state index contributed by atoms with van der Waals surface area (Å²) in [5, 5.41) is 11.6. The van der Waals surface area contributed by atoms with Crippen LogP contribution in [0.25, 0.3) is 0 Å². The number of nitrogens with one attached hydrogen (secondary N) is 4. The number of hydrogen-bond acceptors (Lipinski definition) is 3. The smallest absolute Gasteiger partial charge is 0.315 e. The Morgan fingerprint density at radius 3 is 1.93 bits per heavy atom. The Morgan fingerprint density at radius 2 is 1.41 bits per heavy atom. The number of hydrogen-bond donors (Lipinski definition) is 4. The molecule has 0 unspecified atom stereocenters. The minimum atomic E-state index is -0.160. The lowest BCUT2D eigenvalue weighted by Gasteiger charge is -2.56. The van der Waals surface area contributed by atoms with Crippen LogP contribution in [0.2, 0.25) is 0 Å². The third kappa shape index (κ3) is 4.89. The van der Waals surface area contributed by atoms with Gasteiger partial charge in [-0.3, -0.25) is 9.59 Å². The van der Waals surface area contributed by atoms with Crippen LogP contribution in [0, 0.1) is 17.8 Å². The summed E-state index contributed by atoms with van der Waals surface area (Å²) in [5.41, 5.74) is 1.32. The van der Waals surface area contributed by atoms with E-state index < -0.39 is 0 Å². The SMILES string of the molecule is CC(=O)Nc1ccc(NC(=O)CCNC(=O)NC23CC4CC(CC(C4)C2)C3)cc1. The van der Waals surface area contributed by atoms with Crippen LogP contribution in [0.4, 0.5) is 16.2 Å². The van der Waals surface area contributed by atoms with Crippen molar-refractivity contribution >= 4 is 29.2 Å². The third-order valence-corrected chi connectivity index (χ3v) is 6.54. The molecule has 7 nitrogen and oxygen atoms in total. The van der Waals surface area contributed by atoms with Crippen LogP contribution in [0.3, 0.4) is 0 Å². The van der Waals surface area contributed by atoms with E-state index in [4.69, 9.17) is 0 Å². The lowest BCUT2D eigenvalue weighted by Crippen LogP contribution is -2.61. The monoisotopic (exact) mass is 398 g/mol. The highest BCUT2D eigenvalue weighted by Gasteiger charge is 2.51. The molecule has 7 heteroatoms. The molecule has 4 fully saturated rings. The van der Waals surface area contributed by atoms with Crippen molar-refractivity contribution in [3.05, 3.63) is 24.3 Å². The molecule has 156 valence electrons. The van der Waals surface area contributed by atoms with Gasteiger partial charge in [-0.2, -0.15) is 0 Å². The van der Waals surface area contributed by atoms with E-state index in [0.29, 0.717) is 17.9 Å². The van der Waals surface area contributed by atoms with Gasteiger partial charge in [0.05, 0.1) is 0 Å². The van der Waals surface area contributed by atoms with Crippen molar-refractivity contribution < 1.29 is 14.4 Å². The fraction of sp³-hybridized carbons (Fsp3) is 0.591. The predicted molar refractivity (Wildman–Crippen MR) is 111 cm³/mol. The second kappa shape index (κ2) is 8.05. The Balaban J connectivity index is 1.18. The Bertz CT molecular complexity index is 754. The van der Waals surface area contributed by atoms with Crippen LogP contribution in [0.15, 0.2) is 24.3 Å². The summed E-state index contributed by atoms with van der Waals surface area (Å²) in [4.78, 5) is 35.5. The molecule has 29 heavy (non-hydrogen) atoms. The quantitative estimate of drug-likeness (QED) is 0.592. The highest BCUT2D eigenvalue weighted by Crippen LogP contribution is 2.55. The van der Waals surface area contributed by atoms with Gasteiger partial charge in [-0.05, 0) is 80.5 Å². The Kier molecular flexibility index (Phi) is 5.48. The molecule has 4 bridgehead atoms. The predicted octanol–water partition coefficient (Wildman–Crippen LogP) is 3.24. The van der Waals surface area contributed by atoms with Gasteiger partial charge in [-0.1, -0.05) is 0 Å². The van der Waals surface area contributed by atoms with Crippen LogP contribution < -0.4 is 21.3 Å². The van der Waals surface area contributed by atoms with Crippen molar-refractivity contribution in [1.82, 2.24) is 10.6 Å². The van der Waals surface area contributed by atoms with E-state index in [1.807, 2.05) is 0 Å². The number of urea groups is 1. The zero-order chi connectivity index (χ0) is 20.4. The normalized spacial score (nSPS) is 29.2. The van der Waals surface area contributed by atoms with Crippen molar-refractivity contribution in [2.75, 3.05) is 17.2 Å². The van der Waals surface area contributed by atoms with Gasteiger partial charge in [-0.15, -0.1) is 0 Å². The van der Waals surface area contributed by atoms with Gasteiger partial charge in [-0.25, -0.2) is 4.79 Å². The maximum absolute atomic E-state index is 12.4. The maximum Gasteiger partial charge on any atom is 0.315 e. The molecule has 1 aromatic carbocycles. The zero-order valence-electron chi connectivity index (χ0n) is 16.9. The molecule has 0 saturated heterocycles. The summed E-state index contributed by atoms with van der Waals surface area (Å²) in [6, 6.07) is 6.77. The minimum absolute atomic E-state index is 0.0171. The average molecular weight is 399 g/mol. The molecule has 0 aromatic heterocycles. The molecule has 4 N–H and O–H groups in total. The van der Waals surface area contributed by atoms with Crippen molar-refractivity contribution in [2.24, 2.45) is 17.8 Å². The molecule has 4 saturated carbocycles. The summed E-state index contributed by atoms with van der Waals surface area (Å²) < 4.78 is 0. The molecular weight excluding hydrogens is 368 g/mol. The standard InChI is InChI=1S/C22H30N4O3/c1-14(27)24-18-2-4-19(5-3-18)25-20(28)6-7-23-21(29)26-22-11-15-8-16(12-22)10-17(9-15)13-22/h2-5,15-17H,6-13H2,1H3,(H,24,27)(H,25,28)(H2,23,26,29). The van der Waals surface area contributed by atoms with Crippen LogP contribution >= 0.6 is 0 Å². The van der Waals surface area contributed by atoms with Gasteiger partial charge in [0.2, 0.25) is 11.8 Å². The number of benzene rings is 1. The number of rotatable bonds is 6. The van der Waals surface area contributed by atoms with E-state index in [2.05, 4.69) is 21.3 Å². The Morgan fingerprint density at radius 1 is 0.897 bits per heavy atom. The van der Waals surface area contributed by atoms with Crippen molar-refractivity contribution in [3.8, 4) is 0 Å². The first-order valence-electron chi connectivity index (χ1n) is 10.6. The van der Waals surface area contributed by atoms with Gasteiger partial charge in [0.25, 0.3) is 0 Å². The van der Waals surface area contributed by atoms with E-state index in [-0.39, 0.29) is 29.8 Å². The van der Waals surface area contributed by atoms with E-state index in [0.717, 1.165) is 37.0 Å². The first kappa shape index (κ1) is 19.7. The van der Waals surface area contributed by atoms with E-state index in [1.54, 1.807) is 24.3 Å². The van der Waals surface area contributed by atoms with Crippen molar-refractivity contribution in [2.45, 2.75) is 57.4 Å². The molecule has 1 aromatic rings. The summed E-state index contributed by atoms with van der Waals surface area (Å²) in [7, 11) is 0. The van der Waals surface area contributed by atoms with Gasteiger partial charge in [0.15, 0.2) is 0 Å². The highest BCUT2D eigenvalue weighted by atomic mass is 16.2. The molecule has 0 aliphatic heterocycles. The van der Waals surface area contributed by atoms with E-state index in [9.17, 15) is 14.4 Å². The number of anilines is 2. The largest absolute Gasteiger partial charge is 0.338 e. The summed E-state index contributed by atoms with van der Waals surface area (Å²) >= 11 is 0. The molecule has 4 aliphatic carbocycles. The molecule has 0 heterocycles. The van der Waals surface area contributed by atoms with Gasteiger partial charge >= 0.3 is 6.03 Å².